The lowest BCUT2D eigenvalue weighted by Crippen LogP contribution is -2.00. The van der Waals surface area contributed by atoms with Crippen molar-refractivity contribution >= 4 is 41.6 Å². The van der Waals surface area contributed by atoms with Crippen molar-refractivity contribution in [2.24, 2.45) is 5.10 Å². The molecule has 0 radical (unpaired) electrons. The van der Waals surface area contributed by atoms with Crippen LogP contribution in [0.25, 0.3) is 0 Å². The molecule has 0 aliphatic carbocycles. The molecule has 0 saturated carbocycles. The smallest absolute Gasteiger partial charge is 0.216 e. The first-order chi connectivity index (χ1) is 14.0. The van der Waals surface area contributed by atoms with Gasteiger partial charge in [0.25, 0.3) is 0 Å². The predicted molar refractivity (Wildman–Crippen MR) is 118 cm³/mol. The Hall–Kier alpha value is -2.35. The highest BCUT2D eigenvalue weighted by atomic mass is 35.5. The molecule has 1 N–H and O–H groups in total. The molecule has 0 saturated heterocycles. The average molecular weight is 451 g/mol. The summed E-state index contributed by atoms with van der Waals surface area (Å²) in [6.45, 7) is 2.42. The van der Waals surface area contributed by atoms with Gasteiger partial charge in [-0.2, -0.15) is 14.9 Å². The van der Waals surface area contributed by atoms with Crippen molar-refractivity contribution in [1.29, 1.82) is 0 Å². The molecule has 0 fully saturated rings. The summed E-state index contributed by atoms with van der Waals surface area (Å²) in [5.41, 5.74) is 1.75. The molecule has 9 heteroatoms. The SMILES string of the molecule is CCCc1n[nH]c(=S)n1/N=C/c1ccc(OCc2ccc(Cl)c(Cl)c2)c(OC)c1. The number of ether oxygens (including phenoxy) is 2. The van der Waals surface area contributed by atoms with Crippen LogP contribution < -0.4 is 9.47 Å². The minimum Gasteiger partial charge on any atom is -0.493 e. The van der Waals surface area contributed by atoms with Gasteiger partial charge in [-0.25, -0.2) is 0 Å². The van der Waals surface area contributed by atoms with Crippen LogP contribution >= 0.6 is 35.4 Å². The van der Waals surface area contributed by atoms with E-state index in [1.54, 1.807) is 30.1 Å². The second kappa shape index (κ2) is 9.91. The third-order valence-electron chi connectivity index (χ3n) is 4.08. The Morgan fingerprint density at radius 3 is 2.72 bits per heavy atom. The molecule has 0 aliphatic rings. The number of nitrogens with zero attached hydrogens (tertiary/aromatic N) is 3. The molecule has 29 heavy (non-hydrogen) atoms. The van der Waals surface area contributed by atoms with E-state index in [1.807, 2.05) is 24.3 Å². The molecular weight excluding hydrogens is 431 g/mol. The summed E-state index contributed by atoms with van der Waals surface area (Å²) >= 11 is 17.2. The zero-order valence-corrected chi connectivity index (χ0v) is 18.3. The van der Waals surface area contributed by atoms with Crippen molar-refractivity contribution in [3.05, 3.63) is 68.2 Å². The van der Waals surface area contributed by atoms with Gasteiger partial charge in [0.15, 0.2) is 17.3 Å². The van der Waals surface area contributed by atoms with Gasteiger partial charge in [0, 0.05) is 6.42 Å². The number of aromatic amines is 1. The predicted octanol–water partition coefficient (Wildman–Crippen LogP) is 5.67. The number of aromatic nitrogens is 3. The highest BCUT2D eigenvalue weighted by molar-refractivity contribution is 7.71. The van der Waals surface area contributed by atoms with Crippen molar-refractivity contribution in [1.82, 2.24) is 14.9 Å². The molecule has 2 aromatic carbocycles. The highest BCUT2D eigenvalue weighted by Crippen LogP contribution is 2.29. The zero-order valence-electron chi connectivity index (χ0n) is 16.0. The van der Waals surface area contributed by atoms with E-state index in [-0.39, 0.29) is 0 Å². The molecule has 0 bridgehead atoms. The van der Waals surface area contributed by atoms with Crippen LogP contribution in [0.1, 0.15) is 30.3 Å². The Morgan fingerprint density at radius 1 is 1.17 bits per heavy atom. The maximum absolute atomic E-state index is 6.05. The largest absolute Gasteiger partial charge is 0.493 e. The third kappa shape index (κ3) is 5.38. The van der Waals surface area contributed by atoms with Crippen molar-refractivity contribution in [2.75, 3.05) is 7.11 Å². The van der Waals surface area contributed by atoms with Crippen LogP contribution in [-0.4, -0.2) is 28.2 Å². The number of benzene rings is 2. The lowest BCUT2D eigenvalue weighted by molar-refractivity contribution is 0.284. The first kappa shape index (κ1) is 21.4. The minimum absolute atomic E-state index is 0.339. The fraction of sp³-hybridized carbons (Fsp3) is 0.250. The van der Waals surface area contributed by atoms with Gasteiger partial charge in [-0.05, 0) is 60.1 Å². The van der Waals surface area contributed by atoms with E-state index in [4.69, 9.17) is 44.9 Å². The molecule has 3 aromatic rings. The third-order valence-corrected chi connectivity index (χ3v) is 5.08. The second-order valence-corrected chi connectivity index (χ2v) is 7.40. The fourth-order valence-electron chi connectivity index (χ4n) is 2.63. The van der Waals surface area contributed by atoms with E-state index in [0.717, 1.165) is 29.8 Å². The van der Waals surface area contributed by atoms with Gasteiger partial charge in [-0.1, -0.05) is 36.2 Å². The molecule has 0 unspecified atom stereocenters. The number of hydrogen-bond acceptors (Lipinski definition) is 5. The molecule has 6 nitrogen and oxygen atoms in total. The van der Waals surface area contributed by atoms with E-state index < -0.39 is 0 Å². The Balaban J connectivity index is 1.75. The van der Waals surface area contributed by atoms with Crippen LogP contribution in [0.15, 0.2) is 41.5 Å². The lowest BCUT2D eigenvalue weighted by atomic mass is 10.2. The molecule has 0 atom stereocenters. The number of halogens is 2. The maximum atomic E-state index is 6.05. The number of methoxy groups -OCH3 is 1. The van der Waals surface area contributed by atoms with Gasteiger partial charge < -0.3 is 9.47 Å². The van der Waals surface area contributed by atoms with Gasteiger partial charge in [0.1, 0.15) is 6.61 Å². The topological polar surface area (TPSA) is 64.4 Å². The van der Waals surface area contributed by atoms with Crippen molar-refractivity contribution in [2.45, 2.75) is 26.4 Å². The second-order valence-electron chi connectivity index (χ2n) is 6.20. The van der Waals surface area contributed by atoms with Crippen LogP contribution in [-0.2, 0) is 13.0 Å². The van der Waals surface area contributed by atoms with Gasteiger partial charge in [-0.3, -0.25) is 5.10 Å². The van der Waals surface area contributed by atoms with Crippen LogP contribution in [0.5, 0.6) is 11.5 Å². The summed E-state index contributed by atoms with van der Waals surface area (Å²) in [5.74, 6) is 2.00. The molecule has 0 amide bonds. The summed E-state index contributed by atoms with van der Waals surface area (Å²) in [6.07, 6.45) is 3.44. The molecule has 0 spiro atoms. The first-order valence-corrected chi connectivity index (χ1v) is 10.1. The van der Waals surface area contributed by atoms with Crippen LogP contribution in [0.3, 0.4) is 0 Å². The Morgan fingerprint density at radius 2 is 2.00 bits per heavy atom. The molecule has 3 rings (SSSR count). The zero-order chi connectivity index (χ0) is 20.8. The summed E-state index contributed by atoms with van der Waals surface area (Å²) in [4.78, 5) is 0. The standard InChI is InChI=1S/C20H20Cl2N4O2S/c1-3-4-19-24-25-20(29)26(19)23-11-13-6-8-17(18(10-13)27-2)28-12-14-5-7-15(21)16(22)9-14/h5-11H,3-4,12H2,1-2H3,(H,25,29)/b23-11+. The van der Waals surface area contributed by atoms with E-state index >= 15 is 0 Å². The van der Waals surface area contributed by atoms with Crippen molar-refractivity contribution in [3.63, 3.8) is 0 Å². The van der Waals surface area contributed by atoms with Crippen LogP contribution in [0.4, 0.5) is 0 Å². The Bertz CT molecular complexity index is 1080. The number of rotatable bonds is 8. The molecular formula is C20H20Cl2N4O2S. The quantitative estimate of drug-likeness (QED) is 0.354. The number of hydrogen-bond donors (Lipinski definition) is 1. The molecule has 0 aliphatic heterocycles. The normalized spacial score (nSPS) is 11.2. The fourth-order valence-corrected chi connectivity index (χ4v) is 3.15. The molecule has 1 aromatic heterocycles. The first-order valence-electron chi connectivity index (χ1n) is 8.97. The van der Waals surface area contributed by atoms with Gasteiger partial charge in [0.05, 0.1) is 23.4 Å². The molecule has 152 valence electrons. The number of nitrogens with one attached hydrogen (secondary N) is 1. The van der Waals surface area contributed by atoms with Crippen LogP contribution in [0.2, 0.25) is 10.0 Å². The van der Waals surface area contributed by atoms with E-state index in [1.165, 1.54) is 0 Å². The Labute approximate surface area is 184 Å². The van der Waals surface area contributed by atoms with E-state index in [2.05, 4.69) is 22.2 Å². The lowest BCUT2D eigenvalue weighted by Gasteiger charge is -2.12. The van der Waals surface area contributed by atoms with Gasteiger partial charge in [-0.15, -0.1) is 0 Å². The minimum atomic E-state index is 0.339. The highest BCUT2D eigenvalue weighted by Gasteiger charge is 2.08. The van der Waals surface area contributed by atoms with Crippen molar-refractivity contribution < 1.29 is 9.47 Å². The number of aryl methyl sites for hydroxylation is 1. The van der Waals surface area contributed by atoms with Gasteiger partial charge in [0.2, 0.25) is 4.77 Å². The Kier molecular flexibility index (Phi) is 7.30. The summed E-state index contributed by atoms with van der Waals surface area (Å²) in [6, 6.07) is 11.0. The number of H-pyrrole nitrogens is 1. The average Bonchev–Trinajstić information content (AvgIpc) is 3.07. The van der Waals surface area contributed by atoms with Gasteiger partial charge >= 0.3 is 0 Å². The summed E-state index contributed by atoms with van der Waals surface area (Å²) in [7, 11) is 1.59. The van der Waals surface area contributed by atoms with Crippen molar-refractivity contribution in [3.8, 4) is 11.5 Å². The maximum Gasteiger partial charge on any atom is 0.216 e. The monoisotopic (exact) mass is 450 g/mol. The van der Waals surface area contributed by atoms with E-state index in [0.29, 0.717) is 32.9 Å². The summed E-state index contributed by atoms with van der Waals surface area (Å²) in [5, 5.41) is 12.4. The summed E-state index contributed by atoms with van der Waals surface area (Å²) < 4.78 is 13.4. The van der Waals surface area contributed by atoms with E-state index in [9.17, 15) is 0 Å². The van der Waals surface area contributed by atoms with Crippen LogP contribution in [0, 0.1) is 4.77 Å². The molecule has 1 heterocycles.